The molecule has 1 fully saturated rings. The second-order valence-corrected chi connectivity index (χ2v) is 8.66. The largest absolute Gasteiger partial charge is 0.348 e. The van der Waals surface area contributed by atoms with Crippen LogP contribution in [-0.2, 0) is 16.4 Å². The van der Waals surface area contributed by atoms with Gasteiger partial charge in [0, 0.05) is 29.3 Å². The van der Waals surface area contributed by atoms with Crippen molar-refractivity contribution in [3.05, 3.63) is 71.0 Å². The lowest BCUT2D eigenvalue weighted by Crippen LogP contribution is -2.35. The van der Waals surface area contributed by atoms with E-state index in [0.717, 1.165) is 0 Å². The van der Waals surface area contributed by atoms with Gasteiger partial charge in [-0.3, -0.25) is 9.59 Å². The van der Waals surface area contributed by atoms with E-state index in [0.29, 0.717) is 12.0 Å². The molecule has 2 amide bonds. The Morgan fingerprint density at radius 1 is 1.04 bits per heavy atom. The molecule has 1 aliphatic rings. The van der Waals surface area contributed by atoms with E-state index < -0.39 is 33.5 Å². The zero-order chi connectivity index (χ0) is 19.4. The quantitative estimate of drug-likeness (QED) is 0.812. The molecule has 2 aromatic carbocycles. The standard InChI is InChI=1S/C19H19FN2O4S/c20-17-7-2-1-4-15(17)11-21-18(23)13-5-3-6-14(10-13)19(24)22-16-8-9-27(25,26)12-16/h1-7,10,16H,8-9,11-12H2,(H,21,23)(H,22,24). The summed E-state index contributed by atoms with van der Waals surface area (Å²) in [6.07, 6.45) is 0.386. The maximum absolute atomic E-state index is 13.6. The Bertz CT molecular complexity index is 975. The normalized spacial score (nSPS) is 18.0. The summed E-state index contributed by atoms with van der Waals surface area (Å²) in [4.78, 5) is 24.6. The topological polar surface area (TPSA) is 92.3 Å². The van der Waals surface area contributed by atoms with Crippen molar-refractivity contribution in [1.29, 1.82) is 0 Å². The zero-order valence-electron chi connectivity index (χ0n) is 14.4. The molecule has 8 heteroatoms. The van der Waals surface area contributed by atoms with Gasteiger partial charge in [0.2, 0.25) is 0 Å². The Morgan fingerprint density at radius 3 is 2.41 bits per heavy atom. The molecule has 0 aliphatic carbocycles. The van der Waals surface area contributed by atoms with Gasteiger partial charge in [0.1, 0.15) is 5.82 Å². The third-order valence-electron chi connectivity index (χ3n) is 4.35. The van der Waals surface area contributed by atoms with E-state index in [2.05, 4.69) is 10.6 Å². The molecule has 1 unspecified atom stereocenters. The summed E-state index contributed by atoms with van der Waals surface area (Å²) in [6.45, 7) is 0.0296. The van der Waals surface area contributed by atoms with Crippen LogP contribution >= 0.6 is 0 Å². The van der Waals surface area contributed by atoms with Crippen LogP contribution in [0.1, 0.15) is 32.7 Å². The zero-order valence-corrected chi connectivity index (χ0v) is 15.3. The minimum atomic E-state index is -3.09. The van der Waals surface area contributed by atoms with Gasteiger partial charge in [-0.1, -0.05) is 24.3 Å². The Hall–Kier alpha value is -2.74. The van der Waals surface area contributed by atoms with Gasteiger partial charge in [-0.05, 0) is 30.7 Å². The van der Waals surface area contributed by atoms with Crippen molar-refractivity contribution in [1.82, 2.24) is 10.6 Å². The van der Waals surface area contributed by atoms with E-state index in [1.54, 1.807) is 36.4 Å². The summed E-state index contributed by atoms with van der Waals surface area (Å²) in [5.74, 6) is -1.27. The van der Waals surface area contributed by atoms with Crippen LogP contribution < -0.4 is 10.6 Å². The van der Waals surface area contributed by atoms with Gasteiger partial charge in [-0.25, -0.2) is 12.8 Å². The highest BCUT2D eigenvalue weighted by Gasteiger charge is 2.29. The Balaban J connectivity index is 1.63. The summed E-state index contributed by atoms with van der Waals surface area (Å²) in [6, 6.07) is 11.8. The van der Waals surface area contributed by atoms with E-state index in [4.69, 9.17) is 0 Å². The van der Waals surface area contributed by atoms with Crippen molar-refractivity contribution in [3.8, 4) is 0 Å². The van der Waals surface area contributed by atoms with Crippen molar-refractivity contribution in [2.24, 2.45) is 0 Å². The van der Waals surface area contributed by atoms with E-state index >= 15 is 0 Å². The number of rotatable bonds is 5. The lowest BCUT2D eigenvalue weighted by molar-refractivity contribution is 0.0941. The summed E-state index contributed by atoms with van der Waals surface area (Å²) < 4.78 is 36.6. The number of nitrogens with one attached hydrogen (secondary N) is 2. The van der Waals surface area contributed by atoms with Crippen LogP contribution in [0.3, 0.4) is 0 Å². The van der Waals surface area contributed by atoms with Crippen molar-refractivity contribution < 1.29 is 22.4 Å². The van der Waals surface area contributed by atoms with Gasteiger partial charge >= 0.3 is 0 Å². The number of carbonyl (C=O) groups is 2. The molecule has 1 heterocycles. The number of sulfone groups is 1. The molecule has 0 bridgehead atoms. The Kier molecular flexibility index (Phi) is 5.55. The number of halogens is 1. The van der Waals surface area contributed by atoms with Crippen molar-refractivity contribution in [3.63, 3.8) is 0 Å². The summed E-state index contributed by atoms with van der Waals surface area (Å²) >= 11 is 0. The van der Waals surface area contributed by atoms with Gasteiger partial charge in [0.15, 0.2) is 9.84 Å². The van der Waals surface area contributed by atoms with E-state index in [9.17, 15) is 22.4 Å². The van der Waals surface area contributed by atoms with Crippen LogP contribution in [0.2, 0.25) is 0 Å². The molecule has 2 N–H and O–H groups in total. The first-order valence-corrected chi connectivity index (χ1v) is 10.3. The molecule has 0 aromatic heterocycles. The van der Waals surface area contributed by atoms with Crippen molar-refractivity contribution in [2.75, 3.05) is 11.5 Å². The Labute approximate surface area is 156 Å². The molecule has 1 saturated heterocycles. The van der Waals surface area contributed by atoms with Gasteiger partial charge < -0.3 is 10.6 Å². The van der Waals surface area contributed by atoms with E-state index in [1.807, 2.05) is 0 Å². The van der Waals surface area contributed by atoms with E-state index in [-0.39, 0.29) is 29.2 Å². The molecule has 0 spiro atoms. The first kappa shape index (κ1) is 19.0. The molecule has 1 atom stereocenters. The third-order valence-corrected chi connectivity index (χ3v) is 6.12. The molecule has 0 saturated carbocycles. The number of hydrogen-bond acceptors (Lipinski definition) is 4. The lowest BCUT2D eigenvalue weighted by Gasteiger charge is -2.12. The van der Waals surface area contributed by atoms with Crippen LogP contribution in [0.4, 0.5) is 4.39 Å². The highest BCUT2D eigenvalue weighted by molar-refractivity contribution is 7.91. The first-order chi connectivity index (χ1) is 12.8. The van der Waals surface area contributed by atoms with Crippen LogP contribution in [0.15, 0.2) is 48.5 Å². The minimum absolute atomic E-state index is 0.0296. The lowest BCUT2D eigenvalue weighted by atomic mass is 10.1. The average molecular weight is 390 g/mol. The average Bonchev–Trinajstić information content (AvgIpc) is 2.99. The molecule has 1 aliphatic heterocycles. The molecular formula is C19H19FN2O4S. The molecule has 142 valence electrons. The number of amides is 2. The van der Waals surface area contributed by atoms with Crippen molar-refractivity contribution in [2.45, 2.75) is 19.0 Å². The second kappa shape index (κ2) is 7.87. The SMILES string of the molecule is O=C(NCc1ccccc1F)c1cccc(C(=O)NC2CCS(=O)(=O)C2)c1. The molecule has 6 nitrogen and oxygen atoms in total. The van der Waals surface area contributed by atoms with Gasteiger partial charge in [0.25, 0.3) is 11.8 Å². The van der Waals surface area contributed by atoms with Gasteiger partial charge in [-0.2, -0.15) is 0 Å². The van der Waals surface area contributed by atoms with Gasteiger partial charge in [-0.15, -0.1) is 0 Å². The van der Waals surface area contributed by atoms with Crippen LogP contribution in [0.5, 0.6) is 0 Å². The molecule has 2 aromatic rings. The maximum atomic E-state index is 13.6. The van der Waals surface area contributed by atoms with E-state index in [1.165, 1.54) is 12.1 Å². The smallest absolute Gasteiger partial charge is 0.251 e. The Morgan fingerprint density at radius 2 is 1.74 bits per heavy atom. The fraction of sp³-hybridized carbons (Fsp3) is 0.263. The minimum Gasteiger partial charge on any atom is -0.348 e. The highest BCUT2D eigenvalue weighted by atomic mass is 32.2. The number of benzene rings is 2. The first-order valence-electron chi connectivity index (χ1n) is 8.47. The molecule has 27 heavy (non-hydrogen) atoms. The molecule has 3 rings (SSSR count). The highest BCUT2D eigenvalue weighted by Crippen LogP contribution is 2.13. The van der Waals surface area contributed by atoms with Crippen LogP contribution in [0.25, 0.3) is 0 Å². The van der Waals surface area contributed by atoms with Gasteiger partial charge in [0.05, 0.1) is 11.5 Å². The summed E-state index contributed by atoms with van der Waals surface area (Å²) in [7, 11) is -3.09. The number of carbonyl (C=O) groups excluding carboxylic acids is 2. The van der Waals surface area contributed by atoms with Crippen LogP contribution in [0, 0.1) is 5.82 Å². The molecular weight excluding hydrogens is 371 g/mol. The summed E-state index contributed by atoms with van der Waals surface area (Å²) in [5, 5.41) is 5.30. The second-order valence-electron chi connectivity index (χ2n) is 6.43. The maximum Gasteiger partial charge on any atom is 0.251 e. The van der Waals surface area contributed by atoms with Crippen molar-refractivity contribution >= 4 is 21.7 Å². The fourth-order valence-electron chi connectivity index (χ4n) is 2.90. The predicted molar refractivity (Wildman–Crippen MR) is 98.5 cm³/mol. The number of hydrogen-bond donors (Lipinski definition) is 2. The predicted octanol–water partition coefficient (Wildman–Crippen LogP) is 1.67. The third kappa shape index (κ3) is 4.91. The summed E-state index contributed by atoms with van der Waals surface area (Å²) in [5.41, 5.74) is 0.887. The molecule has 0 radical (unpaired) electrons. The van der Waals surface area contributed by atoms with Crippen LogP contribution in [-0.4, -0.2) is 37.8 Å². The fourth-order valence-corrected chi connectivity index (χ4v) is 4.57. The monoisotopic (exact) mass is 390 g/mol.